The molecule has 0 unspecified atom stereocenters. The van der Waals surface area contributed by atoms with E-state index in [2.05, 4.69) is 23.9 Å². The minimum atomic E-state index is 0.00551. The average molecular weight is 335 g/mol. The lowest BCUT2D eigenvalue weighted by atomic mass is 9.85. The van der Waals surface area contributed by atoms with E-state index in [0.717, 1.165) is 52.0 Å². The van der Waals surface area contributed by atoms with Gasteiger partial charge in [0.25, 0.3) is 5.91 Å². The van der Waals surface area contributed by atoms with Gasteiger partial charge in [-0.3, -0.25) is 9.69 Å². The fraction of sp³-hybridized carbons (Fsp3) is 0.722. The van der Waals surface area contributed by atoms with E-state index >= 15 is 0 Å². The third kappa shape index (κ3) is 3.50. The third-order valence-corrected chi connectivity index (χ3v) is 5.58. The Balaban J connectivity index is 1.75. The van der Waals surface area contributed by atoms with Crippen molar-refractivity contribution in [3.63, 3.8) is 0 Å². The van der Waals surface area contributed by atoms with Crippen LogP contribution < -0.4 is 0 Å². The van der Waals surface area contributed by atoms with Crippen LogP contribution in [0.1, 0.15) is 35.6 Å². The Kier molecular flexibility index (Phi) is 5.27. The normalized spacial score (nSPS) is 22.7. The van der Waals surface area contributed by atoms with Gasteiger partial charge in [0.05, 0.1) is 0 Å². The van der Waals surface area contributed by atoms with Crippen LogP contribution in [-0.4, -0.2) is 80.1 Å². The molecule has 1 aromatic rings. The SMILES string of the molecule is COCc1ccc(C(=O)N2CCCN(C)C3(CCN(C)CC3)C2)o1. The number of likely N-dealkylation sites (tertiary alicyclic amines) is 1. The van der Waals surface area contributed by atoms with Crippen molar-refractivity contribution >= 4 is 5.91 Å². The van der Waals surface area contributed by atoms with Gasteiger partial charge in [-0.05, 0) is 58.6 Å². The zero-order valence-corrected chi connectivity index (χ0v) is 15.1. The molecule has 2 aliphatic heterocycles. The van der Waals surface area contributed by atoms with Crippen molar-refractivity contribution in [2.45, 2.75) is 31.4 Å². The van der Waals surface area contributed by atoms with Crippen LogP contribution in [0.4, 0.5) is 0 Å². The maximum Gasteiger partial charge on any atom is 0.289 e. The summed E-state index contributed by atoms with van der Waals surface area (Å²) in [6, 6.07) is 3.60. The minimum absolute atomic E-state index is 0.00551. The summed E-state index contributed by atoms with van der Waals surface area (Å²) in [5.74, 6) is 1.13. The molecule has 0 saturated carbocycles. The molecule has 134 valence electrons. The highest BCUT2D eigenvalue weighted by molar-refractivity contribution is 5.91. The molecule has 1 spiro atoms. The summed E-state index contributed by atoms with van der Waals surface area (Å²) in [5, 5.41) is 0. The molecule has 0 aliphatic carbocycles. The van der Waals surface area contributed by atoms with Crippen LogP contribution in [0.3, 0.4) is 0 Å². The van der Waals surface area contributed by atoms with Crippen molar-refractivity contribution in [2.75, 3.05) is 53.9 Å². The van der Waals surface area contributed by atoms with Crippen molar-refractivity contribution in [2.24, 2.45) is 0 Å². The second kappa shape index (κ2) is 7.25. The molecule has 6 heteroatoms. The molecule has 0 bridgehead atoms. The Bertz CT molecular complexity index is 564. The van der Waals surface area contributed by atoms with E-state index in [-0.39, 0.29) is 11.4 Å². The van der Waals surface area contributed by atoms with Gasteiger partial charge in [0.15, 0.2) is 5.76 Å². The van der Waals surface area contributed by atoms with Gasteiger partial charge in [-0.1, -0.05) is 0 Å². The molecular weight excluding hydrogens is 306 g/mol. The van der Waals surface area contributed by atoms with E-state index in [4.69, 9.17) is 9.15 Å². The quantitative estimate of drug-likeness (QED) is 0.841. The maximum atomic E-state index is 12.9. The van der Waals surface area contributed by atoms with Crippen LogP contribution >= 0.6 is 0 Å². The van der Waals surface area contributed by atoms with Crippen LogP contribution in [0.15, 0.2) is 16.5 Å². The lowest BCUT2D eigenvalue weighted by Gasteiger charge is -2.47. The van der Waals surface area contributed by atoms with Gasteiger partial charge >= 0.3 is 0 Å². The van der Waals surface area contributed by atoms with Gasteiger partial charge < -0.3 is 19.0 Å². The number of carbonyl (C=O) groups is 1. The average Bonchev–Trinajstić information content (AvgIpc) is 2.98. The molecule has 6 nitrogen and oxygen atoms in total. The standard InChI is InChI=1S/C18H29N3O3/c1-19-11-7-18(8-12-19)14-21(10-4-9-20(18)2)17(22)16-6-5-15(24-16)13-23-3/h5-6H,4,7-14H2,1-3H3. The van der Waals surface area contributed by atoms with E-state index in [9.17, 15) is 4.79 Å². The van der Waals surface area contributed by atoms with Crippen molar-refractivity contribution in [3.05, 3.63) is 23.7 Å². The number of rotatable bonds is 3. The predicted octanol–water partition coefficient (Wildman–Crippen LogP) is 1.67. The number of furan rings is 1. The first kappa shape index (κ1) is 17.5. The number of likely N-dealkylation sites (N-methyl/N-ethyl adjacent to an activating group) is 1. The first-order valence-electron chi connectivity index (χ1n) is 8.81. The fourth-order valence-corrected chi connectivity index (χ4v) is 3.91. The smallest absolute Gasteiger partial charge is 0.289 e. The molecular formula is C18H29N3O3. The first-order chi connectivity index (χ1) is 11.5. The Morgan fingerprint density at radius 1 is 1.21 bits per heavy atom. The number of hydrogen-bond acceptors (Lipinski definition) is 5. The summed E-state index contributed by atoms with van der Waals surface area (Å²) < 4.78 is 10.7. The van der Waals surface area contributed by atoms with Gasteiger partial charge in [-0.15, -0.1) is 0 Å². The van der Waals surface area contributed by atoms with Crippen LogP contribution in [0, 0.1) is 0 Å². The molecule has 2 saturated heterocycles. The lowest BCUT2D eigenvalue weighted by Crippen LogP contribution is -2.58. The Morgan fingerprint density at radius 2 is 1.96 bits per heavy atom. The summed E-state index contributed by atoms with van der Waals surface area (Å²) >= 11 is 0. The van der Waals surface area contributed by atoms with E-state index in [0.29, 0.717) is 18.1 Å². The van der Waals surface area contributed by atoms with Crippen LogP contribution in [0.5, 0.6) is 0 Å². The van der Waals surface area contributed by atoms with Crippen LogP contribution in [0.2, 0.25) is 0 Å². The Labute approximate surface area is 144 Å². The molecule has 1 amide bonds. The van der Waals surface area contributed by atoms with Gasteiger partial charge in [0.1, 0.15) is 12.4 Å². The largest absolute Gasteiger partial charge is 0.453 e. The van der Waals surface area contributed by atoms with E-state index < -0.39 is 0 Å². The highest BCUT2D eigenvalue weighted by atomic mass is 16.5. The van der Waals surface area contributed by atoms with E-state index in [1.807, 2.05) is 11.0 Å². The maximum absolute atomic E-state index is 12.9. The lowest BCUT2D eigenvalue weighted by molar-refractivity contribution is 0.0303. The van der Waals surface area contributed by atoms with Crippen molar-refractivity contribution < 1.29 is 13.9 Å². The number of nitrogens with zero attached hydrogens (tertiary/aromatic N) is 3. The highest BCUT2D eigenvalue weighted by Gasteiger charge is 2.41. The zero-order chi connectivity index (χ0) is 17.2. The third-order valence-electron chi connectivity index (χ3n) is 5.58. The molecule has 24 heavy (non-hydrogen) atoms. The molecule has 1 aromatic heterocycles. The van der Waals surface area contributed by atoms with Crippen molar-refractivity contribution in [1.82, 2.24) is 14.7 Å². The second-order valence-corrected chi connectivity index (χ2v) is 7.23. The van der Waals surface area contributed by atoms with Gasteiger partial charge in [-0.2, -0.15) is 0 Å². The molecule has 2 fully saturated rings. The Hall–Kier alpha value is -1.37. The minimum Gasteiger partial charge on any atom is -0.453 e. The molecule has 0 aromatic carbocycles. The van der Waals surface area contributed by atoms with Crippen molar-refractivity contribution in [3.8, 4) is 0 Å². The predicted molar refractivity (Wildman–Crippen MR) is 92.0 cm³/mol. The topological polar surface area (TPSA) is 49.2 Å². The summed E-state index contributed by atoms with van der Waals surface area (Å²) in [4.78, 5) is 19.8. The number of carbonyl (C=O) groups excluding carboxylic acids is 1. The van der Waals surface area contributed by atoms with Crippen LogP contribution in [0.25, 0.3) is 0 Å². The zero-order valence-electron chi connectivity index (χ0n) is 15.1. The molecule has 0 N–H and O–H groups in total. The van der Waals surface area contributed by atoms with Gasteiger partial charge in [0, 0.05) is 32.3 Å². The van der Waals surface area contributed by atoms with Gasteiger partial charge in [0.2, 0.25) is 0 Å². The monoisotopic (exact) mass is 335 g/mol. The number of amides is 1. The molecule has 0 atom stereocenters. The molecule has 2 aliphatic rings. The number of methoxy groups -OCH3 is 1. The number of hydrogen-bond donors (Lipinski definition) is 0. The number of piperidine rings is 1. The molecule has 3 heterocycles. The fourth-order valence-electron chi connectivity index (χ4n) is 3.91. The van der Waals surface area contributed by atoms with E-state index in [1.165, 1.54) is 0 Å². The van der Waals surface area contributed by atoms with Gasteiger partial charge in [-0.25, -0.2) is 0 Å². The summed E-state index contributed by atoms with van der Waals surface area (Å²) in [6.45, 7) is 5.20. The second-order valence-electron chi connectivity index (χ2n) is 7.23. The molecule has 0 radical (unpaired) electrons. The summed E-state index contributed by atoms with van der Waals surface area (Å²) in [6.07, 6.45) is 3.22. The van der Waals surface area contributed by atoms with Crippen molar-refractivity contribution in [1.29, 1.82) is 0 Å². The number of ether oxygens (including phenoxy) is 1. The summed E-state index contributed by atoms with van der Waals surface area (Å²) in [7, 11) is 6.01. The highest BCUT2D eigenvalue weighted by Crippen LogP contribution is 2.31. The Morgan fingerprint density at radius 3 is 2.67 bits per heavy atom. The summed E-state index contributed by atoms with van der Waals surface area (Å²) in [5.41, 5.74) is 0.0978. The molecule has 3 rings (SSSR count). The van der Waals surface area contributed by atoms with E-state index in [1.54, 1.807) is 13.2 Å². The van der Waals surface area contributed by atoms with Crippen LogP contribution in [-0.2, 0) is 11.3 Å². The first-order valence-corrected chi connectivity index (χ1v) is 8.81.